The molecule has 414 valence electrons. The summed E-state index contributed by atoms with van der Waals surface area (Å²) in [6.07, 6.45) is 11.2. The molecule has 6 aliphatic heterocycles. The number of carbonyl (C=O) groups is 4. The van der Waals surface area contributed by atoms with Gasteiger partial charge in [-0.15, -0.1) is 11.3 Å². The number of hydrogen-bond donors (Lipinski definition) is 2. The van der Waals surface area contributed by atoms with Crippen LogP contribution in [0.5, 0.6) is 5.75 Å². The number of alkyl carbamates (subject to hydrolysis) is 2. The number of aromatic nitrogens is 2. The Morgan fingerprint density at radius 3 is 2.08 bits per heavy atom. The Morgan fingerprint density at radius 2 is 1.45 bits per heavy atom. The number of hydrogen-bond acceptors (Lipinski definition) is 12. The summed E-state index contributed by atoms with van der Waals surface area (Å²) in [4.78, 5) is 72.5. The van der Waals surface area contributed by atoms with Gasteiger partial charge in [0.05, 0.1) is 58.6 Å². The molecule has 1 saturated carbocycles. The van der Waals surface area contributed by atoms with Gasteiger partial charge in [-0.3, -0.25) is 24.1 Å². The van der Waals surface area contributed by atoms with Gasteiger partial charge in [-0.2, -0.15) is 40.5 Å². The highest BCUT2D eigenvalue weighted by Crippen LogP contribution is 2.52. The van der Waals surface area contributed by atoms with Crippen LogP contribution in [0, 0.1) is 17.7 Å². The second-order valence-electron chi connectivity index (χ2n) is 22.2. The lowest BCUT2D eigenvalue weighted by molar-refractivity contribution is -0.138. The summed E-state index contributed by atoms with van der Waals surface area (Å²) in [5, 5.41) is 7.58. The third-order valence-electron chi connectivity index (χ3n) is 16.3. The second-order valence-corrected chi connectivity index (χ2v) is 23.3. The molecule has 16 nitrogen and oxygen atoms in total. The standard InChI is InChI=1S/C56H65FN8O8S.3H2S/c1-30(2)47(61-53(68)70-6)49(66)63-17-8-10-41(63)39-23-36(28-59-39)33-21-37(57)46-43-24-34-20-31(12-13-40(34)65(43)51(73-44(46)25-33)45-29-60-52(74-45)56(5)15-16-56)35-22-38(58-27-35)42-11-9-18-64(42)50(67)48(62-54(69)71-7)32-14-19-72-55(3,4)26-32;;;/h12-13,20-21,24-25,27-30,32,41-42,47-48,51H,8-11,14-19,22-23,26H2,1-7H3,(H,61,68)(H,62,69);3*1H2/t32?,41-,42-,47-,48?,51?;;;/m0.../s1. The molecule has 4 aromatic rings. The van der Waals surface area contributed by atoms with Crippen molar-refractivity contribution < 1.29 is 42.5 Å². The number of aliphatic imine (C=N–C) groups is 2. The van der Waals surface area contributed by atoms with Crippen LogP contribution >= 0.6 is 51.8 Å². The van der Waals surface area contributed by atoms with Gasteiger partial charge in [0, 0.05) is 73.4 Å². The van der Waals surface area contributed by atoms with Crippen molar-refractivity contribution in [3.8, 4) is 17.0 Å². The fourth-order valence-electron chi connectivity index (χ4n) is 12.0. The molecule has 8 heterocycles. The van der Waals surface area contributed by atoms with Crippen molar-refractivity contribution in [3.63, 3.8) is 0 Å². The lowest BCUT2D eigenvalue weighted by Gasteiger charge is -2.40. The number of amides is 4. The number of fused-ring (bicyclic) bond motifs is 5. The number of nitrogens with one attached hydrogen (secondary N) is 2. The van der Waals surface area contributed by atoms with Crippen molar-refractivity contribution in [3.05, 3.63) is 81.8 Å². The molecule has 4 amide bonds. The van der Waals surface area contributed by atoms with E-state index >= 15 is 4.39 Å². The molecule has 6 atom stereocenters. The van der Waals surface area contributed by atoms with Gasteiger partial charge in [-0.05, 0) is 130 Å². The monoisotopic (exact) mass is 1130 g/mol. The largest absolute Gasteiger partial charge is 0.464 e. The molecule has 3 saturated heterocycles. The minimum Gasteiger partial charge on any atom is -0.464 e. The Bertz CT molecular complexity index is 3090. The molecule has 3 unspecified atom stereocenters. The maximum Gasteiger partial charge on any atom is 0.407 e. The molecular formula is C56H71FN8O8S4. The van der Waals surface area contributed by atoms with Gasteiger partial charge < -0.3 is 39.4 Å². The molecule has 0 spiro atoms. The van der Waals surface area contributed by atoms with Crippen LogP contribution in [0.25, 0.3) is 33.3 Å². The van der Waals surface area contributed by atoms with Crippen LogP contribution in [0.15, 0.2) is 65.0 Å². The molecule has 2 aromatic carbocycles. The number of ether oxygens (including phenoxy) is 4. The smallest absolute Gasteiger partial charge is 0.407 e. The number of nitrogens with zero attached hydrogens (tertiary/aromatic N) is 6. The predicted octanol–water partition coefficient (Wildman–Crippen LogP) is 9.90. The normalized spacial score (nSPS) is 23.3. The fraction of sp³-hybridized carbons (Fsp3) is 0.518. The van der Waals surface area contributed by atoms with Crippen molar-refractivity contribution in [1.82, 2.24) is 30.0 Å². The van der Waals surface area contributed by atoms with E-state index in [9.17, 15) is 19.2 Å². The lowest BCUT2D eigenvalue weighted by atomic mass is 9.82. The molecule has 77 heavy (non-hydrogen) atoms. The van der Waals surface area contributed by atoms with E-state index < -0.39 is 41.9 Å². The highest BCUT2D eigenvalue weighted by molar-refractivity contribution is 7.59. The van der Waals surface area contributed by atoms with E-state index in [4.69, 9.17) is 33.9 Å². The number of rotatable bonds is 12. The average molecular weight is 1130 g/mol. The molecule has 0 radical (unpaired) electrons. The van der Waals surface area contributed by atoms with E-state index in [-0.39, 0.29) is 81.6 Å². The summed E-state index contributed by atoms with van der Waals surface area (Å²) in [6, 6.07) is 9.85. The summed E-state index contributed by atoms with van der Waals surface area (Å²) >= 11 is 1.64. The third-order valence-corrected chi connectivity index (χ3v) is 17.7. The van der Waals surface area contributed by atoms with E-state index in [1.54, 1.807) is 23.6 Å². The van der Waals surface area contributed by atoms with Crippen LogP contribution in [0.3, 0.4) is 0 Å². The molecule has 11 rings (SSSR count). The Hall–Kier alpha value is -5.35. The maximum atomic E-state index is 17.1. The van der Waals surface area contributed by atoms with Crippen molar-refractivity contribution in [2.75, 3.05) is 33.9 Å². The number of carbonyl (C=O) groups excluding carboxylic acids is 4. The molecule has 0 bridgehead atoms. The van der Waals surface area contributed by atoms with Crippen molar-refractivity contribution in [1.29, 1.82) is 0 Å². The zero-order valence-electron chi connectivity index (χ0n) is 44.7. The first kappa shape index (κ1) is 57.8. The zero-order valence-corrected chi connectivity index (χ0v) is 48.5. The highest BCUT2D eigenvalue weighted by atomic mass is 32.1. The minimum absolute atomic E-state index is 0. The molecule has 21 heteroatoms. The molecule has 4 fully saturated rings. The van der Waals surface area contributed by atoms with Crippen LogP contribution in [-0.2, 0) is 29.2 Å². The Kier molecular flexibility index (Phi) is 17.1. The molecule has 1 aliphatic carbocycles. The minimum atomic E-state index is -0.747. The fourth-order valence-corrected chi connectivity index (χ4v) is 13.2. The quantitative estimate of drug-likeness (QED) is 0.140. The van der Waals surface area contributed by atoms with E-state index in [1.165, 1.54) is 14.2 Å². The summed E-state index contributed by atoms with van der Waals surface area (Å²) < 4.78 is 41.9. The number of likely N-dealkylation sites (tertiary alicyclic amines) is 2. The third kappa shape index (κ3) is 11.0. The van der Waals surface area contributed by atoms with Crippen LogP contribution in [0.4, 0.5) is 14.0 Å². The van der Waals surface area contributed by atoms with Crippen LogP contribution in [0.1, 0.15) is 126 Å². The van der Waals surface area contributed by atoms with Gasteiger partial charge in [0.2, 0.25) is 18.0 Å². The Morgan fingerprint density at radius 1 is 0.818 bits per heavy atom. The van der Waals surface area contributed by atoms with Gasteiger partial charge in [0.15, 0.2) is 0 Å². The van der Waals surface area contributed by atoms with Gasteiger partial charge in [0.25, 0.3) is 0 Å². The molecule has 7 aliphatic rings. The van der Waals surface area contributed by atoms with Gasteiger partial charge in [-0.25, -0.2) is 19.0 Å². The number of halogens is 1. The van der Waals surface area contributed by atoms with Crippen molar-refractivity contribution in [2.45, 2.75) is 140 Å². The van der Waals surface area contributed by atoms with Crippen LogP contribution in [-0.4, -0.2) is 118 Å². The first-order valence-electron chi connectivity index (χ1n) is 26.1. The first-order chi connectivity index (χ1) is 35.5. The van der Waals surface area contributed by atoms with Gasteiger partial charge in [-0.1, -0.05) is 26.8 Å². The number of benzene rings is 2. The molecular weight excluding hydrogens is 1060 g/mol. The van der Waals surface area contributed by atoms with E-state index in [1.807, 2.05) is 62.0 Å². The first-order valence-corrected chi connectivity index (χ1v) is 26.9. The molecule has 2 aromatic heterocycles. The maximum absolute atomic E-state index is 17.1. The van der Waals surface area contributed by atoms with Crippen molar-refractivity contribution in [2.24, 2.45) is 21.8 Å². The van der Waals surface area contributed by atoms with Gasteiger partial charge >= 0.3 is 12.2 Å². The topological polar surface area (TPSA) is 178 Å². The second kappa shape index (κ2) is 22.8. The number of thiazole rings is 1. The van der Waals surface area contributed by atoms with Gasteiger partial charge in [0.1, 0.15) is 23.7 Å². The SMILES string of the molecule is COC(=O)NC(C(=O)N1CCC[C@H]1C1=NC=C(c2ccc3c(c2)cc2n3C(c3cnc(C4(C)CC4)s3)Oc3cc(C4=CN=C([C@@H]5CCCN5C(=O)[C@@H](NC(=O)OC)C(C)C)C4)cc(F)c3-2)C1)C1CCOC(C)(C)C1.S.S.S. The van der Waals surface area contributed by atoms with Crippen LogP contribution in [0.2, 0.25) is 0 Å². The van der Waals surface area contributed by atoms with E-state index in [0.717, 1.165) is 87.4 Å². The van der Waals surface area contributed by atoms with Crippen LogP contribution < -0.4 is 15.4 Å². The average Bonchev–Trinajstić information content (AvgIpc) is 4.23. The summed E-state index contributed by atoms with van der Waals surface area (Å²) in [7, 11) is 2.59. The highest BCUT2D eigenvalue weighted by Gasteiger charge is 2.45. The Labute approximate surface area is 474 Å². The summed E-state index contributed by atoms with van der Waals surface area (Å²) in [6.45, 7) is 11.7. The number of methoxy groups -OCH3 is 2. The van der Waals surface area contributed by atoms with E-state index in [0.29, 0.717) is 68.0 Å². The summed E-state index contributed by atoms with van der Waals surface area (Å²) in [5.74, 6) is -0.566. The Balaban J connectivity index is 0.00000261. The lowest BCUT2D eigenvalue weighted by Crippen LogP contribution is -2.56. The van der Waals surface area contributed by atoms with E-state index in [2.05, 4.69) is 40.3 Å². The van der Waals surface area contributed by atoms with Crippen molar-refractivity contribution >= 4 is 109 Å². The number of allylic oxidation sites excluding steroid dienone is 2. The summed E-state index contributed by atoms with van der Waals surface area (Å²) in [5.41, 5.74) is 6.78. The predicted molar refractivity (Wildman–Crippen MR) is 312 cm³/mol. The molecule has 2 N–H and O–H groups in total. The zero-order chi connectivity index (χ0) is 51.8.